The number of rotatable bonds is 3. The van der Waals surface area contributed by atoms with Crippen LogP contribution in [-0.4, -0.2) is 17.4 Å². The van der Waals surface area contributed by atoms with Crippen LogP contribution in [0.1, 0.15) is 10.4 Å². The van der Waals surface area contributed by atoms with Gasteiger partial charge in [0, 0.05) is 24.4 Å². The maximum Gasteiger partial charge on any atom is 0.251 e. The SMILES string of the molecule is C=CCNC(=O)c1cc[nH]c(=O)c1. The van der Waals surface area contributed by atoms with Crippen molar-refractivity contribution in [3.05, 3.63) is 46.9 Å². The fraction of sp³-hybridized carbons (Fsp3) is 0.111. The molecule has 1 aromatic rings. The molecule has 0 radical (unpaired) electrons. The molecule has 1 aromatic heterocycles. The van der Waals surface area contributed by atoms with Gasteiger partial charge in [0.15, 0.2) is 0 Å². The Labute approximate surface area is 75.3 Å². The molecule has 0 fully saturated rings. The van der Waals surface area contributed by atoms with E-state index in [-0.39, 0.29) is 11.5 Å². The van der Waals surface area contributed by atoms with Crippen molar-refractivity contribution in [2.75, 3.05) is 6.54 Å². The summed E-state index contributed by atoms with van der Waals surface area (Å²) in [6.45, 7) is 3.86. The molecular weight excluding hydrogens is 168 g/mol. The van der Waals surface area contributed by atoms with Gasteiger partial charge in [-0.05, 0) is 6.07 Å². The molecule has 0 aliphatic carbocycles. The first kappa shape index (κ1) is 9.25. The van der Waals surface area contributed by atoms with Crippen LogP contribution in [0.3, 0.4) is 0 Å². The summed E-state index contributed by atoms with van der Waals surface area (Å²) in [4.78, 5) is 24.5. The highest BCUT2D eigenvalue weighted by molar-refractivity contribution is 5.93. The van der Waals surface area contributed by atoms with Crippen molar-refractivity contribution in [1.29, 1.82) is 0 Å². The molecule has 1 rings (SSSR count). The van der Waals surface area contributed by atoms with E-state index >= 15 is 0 Å². The molecule has 0 saturated heterocycles. The smallest absolute Gasteiger partial charge is 0.251 e. The molecule has 0 aliphatic rings. The quantitative estimate of drug-likeness (QED) is 0.653. The van der Waals surface area contributed by atoms with Gasteiger partial charge in [-0.2, -0.15) is 0 Å². The normalized spacial score (nSPS) is 9.23. The van der Waals surface area contributed by atoms with Gasteiger partial charge in [-0.25, -0.2) is 0 Å². The molecule has 1 amide bonds. The topological polar surface area (TPSA) is 62.0 Å². The second kappa shape index (κ2) is 4.25. The van der Waals surface area contributed by atoms with E-state index in [1.54, 1.807) is 12.1 Å². The predicted octanol–water partition coefficient (Wildman–Crippen LogP) is 0.291. The van der Waals surface area contributed by atoms with Crippen molar-refractivity contribution in [3.63, 3.8) is 0 Å². The Morgan fingerprint density at radius 3 is 3.08 bits per heavy atom. The zero-order valence-corrected chi connectivity index (χ0v) is 7.04. The van der Waals surface area contributed by atoms with Crippen LogP contribution < -0.4 is 10.9 Å². The average molecular weight is 178 g/mol. The molecule has 0 aromatic carbocycles. The summed E-state index contributed by atoms with van der Waals surface area (Å²) in [6.07, 6.45) is 3.01. The minimum absolute atomic E-state index is 0.272. The molecule has 0 aliphatic heterocycles. The van der Waals surface area contributed by atoms with Gasteiger partial charge in [0.05, 0.1) is 0 Å². The van der Waals surface area contributed by atoms with E-state index in [1.807, 2.05) is 0 Å². The first-order chi connectivity index (χ1) is 6.24. The third-order valence-corrected chi connectivity index (χ3v) is 1.44. The number of nitrogens with one attached hydrogen (secondary N) is 2. The number of carbonyl (C=O) groups is 1. The van der Waals surface area contributed by atoms with Gasteiger partial charge in [-0.3, -0.25) is 9.59 Å². The number of carbonyl (C=O) groups excluding carboxylic acids is 1. The van der Waals surface area contributed by atoms with E-state index in [0.29, 0.717) is 12.1 Å². The maximum absolute atomic E-state index is 11.2. The zero-order valence-electron chi connectivity index (χ0n) is 7.04. The molecule has 13 heavy (non-hydrogen) atoms. The van der Waals surface area contributed by atoms with E-state index in [9.17, 15) is 9.59 Å². The summed E-state index contributed by atoms with van der Waals surface area (Å²) in [6, 6.07) is 2.79. The van der Waals surface area contributed by atoms with Crippen molar-refractivity contribution in [1.82, 2.24) is 10.3 Å². The first-order valence-corrected chi connectivity index (χ1v) is 3.82. The van der Waals surface area contributed by atoms with Gasteiger partial charge in [0.25, 0.3) is 5.91 Å². The Morgan fingerprint density at radius 1 is 1.69 bits per heavy atom. The molecule has 0 bridgehead atoms. The summed E-state index contributed by atoms with van der Waals surface area (Å²) in [5.41, 5.74) is 0.0665. The highest BCUT2D eigenvalue weighted by Crippen LogP contribution is 1.91. The fourth-order valence-corrected chi connectivity index (χ4v) is 0.853. The standard InChI is InChI=1S/C9H10N2O2/c1-2-4-11-9(13)7-3-5-10-8(12)6-7/h2-3,5-6H,1,4H2,(H,10,12)(H,11,13). The van der Waals surface area contributed by atoms with Crippen molar-refractivity contribution in [2.45, 2.75) is 0 Å². The Bertz CT molecular complexity index is 368. The largest absolute Gasteiger partial charge is 0.349 e. The lowest BCUT2D eigenvalue weighted by Crippen LogP contribution is -2.24. The van der Waals surface area contributed by atoms with E-state index in [2.05, 4.69) is 16.9 Å². The molecule has 0 atom stereocenters. The van der Waals surface area contributed by atoms with Crippen molar-refractivity contribution >= 4 is 5.91 Å². The van der Waals surface area contributed by atoms with Crippen molar-refractivity contribution in [3.8, 4) is 0 Å². The first-order valence-electron chi connectivity index (χ1n) is 3.82. The predicted molar refractivity (Wildman–Crippen MR) is 49.6 cm³/mol. The number of amides is 1. The second-order valence-corrected chi connectivity index (χ2v) is 2.44. The minimum Gasteiger partial charge on any atom is -0.349 e. The zero-order chi connectivity index (χ0) is 9.68. The lowest BCUT2D eigenvalue weighted by molar-refractivity contribution is 0.0958. The van der Waals surface area contributed by atoms with Crippen LogP contribution >= 0.6 is 0 Å². The number of hydrogen-bond acceptors (Lipinski definition) is 2. The summed E-state index contributed by atoms with van der Waals surface area (Å²) in [7, 11) is 0. The number of pyridine rings is 1. The number of aromatic amines is 1. The lowest BCUT2D eigenvalue weighted by atomic mass is 10.2. The van der Waals surface area contributed by atoms with Crippen molar-refractivity contribution < 1.29 is 4.79 Å². The van der Waals surface area contributed by atoms with Crippen LogP contribution in [0.5, 0.6) is 0 Å². The molecule has 4 nitrogen and oxygen atoms in total. The van der Waals surface area contributed by atoms with Crippen molar-refractivity contribution in [2.24, 2.45) is 0 Å². The number of H-pyrrole nitrogens is 1. The maximum atomic E-state index is 11.2. The third kappa shape index (κ3) is 2.59. The Kier molecular flexibility index (Phi) is 3.03. The lowest BCUT2D eigenvalue weighted by Gasteiger charge is -2.00. The van der Waals surface area contributed by atoms with Gasteiger partial charge in [-0.1, -0.05) is 6.08 Å². The number of hydrogen-bond donors (Lipinski definition) is 2. The van der Waals surface area contributed by atoms with Crippen LogP contribution in [0.15, 0.2) is 35.8 Å². The van der Waals surface area contributed by atoms with Gasteiger partial charge in [-0.15, -0.1) is 6.58 Å². The Hall–Kier alpha value is -1.84. The molecular formula is C9H10N2O2. The molecule has 4 heteroatoms. The van der Waals surface area contributed by atoms with E-state index < -0.39 is 0 Å². The minimum atomic E-state index is -0.286. The van der Waals surface area contributed by atoms with Gasteiger partial charge < -0.3 is 10.3 Å². The van der Waals surface area contributed by atoms with E-state index in [4.69, 9.17) is 0 Å². The second-order valence-electron chi connectivity index (χ2n) is 2.44. The molecule has 0 saturated carbocycles. The highest BCUT2D eigenvalue weighted by atomic mass is 16.2. The highest BCUT2D eigenvalue weighted by Gasteiger charge is 2.02. The fourth-order valence-electron chi connectivity index (χ4n) is 0.853. The molecule has 0 unspecified atom stereocenters. The molecule has 1 heterocycles. The van der Waals surface area contributed by atoms with Crippen LogP contribution in [0.4, 0.5) is 0 Å². The Balaban J connectivity index is 2.77. The van der Waals surface area contributed by atoms with Crippen LogP contribution in [-0.2, 0) is 0 Å². The van der Waals surface area contributed by atoms with Gasteiger partial charge >= 0.3 is 0 Å². The molecule has 68 valence electrons. The summed E-state index contributed by atoms with van der Waals surface area (Å²) < 4.78 is 0. The summed E-state index contributed by atoms with van der Waals surface area (Å²) in [5, 5.41) is 2.57. The van der Waals surface area contributed by atoms with Crippen LogP contribution in [0.2, 0.25) is 0 Å². The third-order valence-electron chi connectivity index (χ3n) is 1.44. The average Bonchev–Trinajstić information content (AvgIpc) is 2.14. The number of aromatic nitrogens is 1. The molecule has 0 spiro atoms. The summed E-state index contributed by atoms with van der Waals surface area (Å²) in [5.74, 6) is -0.272. The van der Waals surface area contributed by atoms with Gasteiger partial charge in [0.1, 0.15) is 0 Å². The molecule has 2 N–H and O–H groups in total. The van der Waals surface area contributed by atoms with E-state index in [0.717, 1.165) is 0 Å². The van der Waals surface area contributed by atoms with E-state index in [1.165, 1.54) is 12.3 Å². The van der Waals surface area contributed by atoms with Gasteiger partial charge in [0.2, 0.25) is 5.56 Å². The Morgan fingerprint density at radius 2 is 2.46 bits per heavy atom. The van der Waals surface area contributed by atoms with Crippen LogP contribution in [0.25, 0.3) is 0 Å². The van der Waals surface area contributed by atoms with Crippen LogP contribution in [0, 0.1) is 0 Å². The monoisotopic (exact) mass is 178 g/mol. The summed E-state index contributed by atoms with van der Waals surface area (Å²) >= 11 is 0.